The minimum atomic E-state index is -0.935. The molecule has 0 bridgehead atoms. The maximum atomic E-state index is 11.1. The molecular formula is C22H26N4O2. The average molecular weight is 378 g/mol. The van der Waals surface area contributed by atoms with Gasteiger partial charge in [-0.3, -0.25) is 4.99 Å². The number of carboxylic acids is 1. The fourth-order valence-electron chi connectivity index (χ4n) is 3.17. The van der Waals surface area contributed by atoms with E-state index in [0.29, 0.717) is 5.84 Å². The van der Waals surface area contributed by atoms with Crippen molar-refractivity contribution in [1.82, 2.24) is 9.55 Å². The molecule has 0 aliphatic heterocycles. The van der Waals surface area contributed by atoms with E-state index in [4.69, 9.17) is 15.8 Å². The molecule has 146 valence electrons. The van der Waals surface area contributed by atoms with Crippen LogP contribution in [-0.4, -0.2) is 32.5 Å². The lowest BCUT2D eigenvalue weighted by molar-refractivity contribution is 0.0697. The maximum absolute atomic E-state index is 11.1. The van der Waals surface area contributed by atoms with Crippen LogP contribution in [-0.2, 0) is 6.54 Å². The van der Waals surface area contributed by atoms with Gasteiger partial charge >= 0.3 is 5.97 Å². The second-order valence-corrected chi connectivity index (χ2v) is 7.13. The SMILES string of the molecule is CCCCn1c(-c2ccc(C(=O)O)cc2)nc2cc(C(N)=NC(C)C)ccc21. The molecule has 0 atom stereocenters. The van der Waals surface area contributed by atoms with Gasteiger partial charge in [0.05, 0.1) is 16.6 Å². The highest BCUT2D eigenvalue weighted by atomic mass is 16.4. The number of benzene rings is 2. The van der Waals surface area contributed by atoms with Crippen molar-refractivity contribution in [3.05, 3.63) is 53.6 Å². The van der Waals surface area contributed by atoms with Crippen molar-refractivity contribution in [2.24, 2.45) is 10.7 Å². The quantitative estimate of drug-likeness (QED) is 0.473. The van der Waals surface area contributed by atoms with Gasteiger partial charge in [-0.05, 0) is 50.6 Å². The van der Waals surface area contributed by atoms with Crippen LogP contribution >= 0.6 is 0 Å². The zero-order chi connectivity index (χ0) is 20.3. The van der Waals surface area contributed by atoms with E-state index in [1.165, 1.54) is 0 Å². The fourth-order valence-corrected chi connectivity index (χ4v) is 3.17. The third-order valence-corrected chi connectivity index (χ3v) is 4.57. The summed E-state index contributed by atoms with van der Waals surface area (Å²) >= 11 is 0. The topological polar surface area (TPSA) is 93.5 Å². The van der Waals surface area contributed by atoms with Crippen LogP contribution in [0.25, 0.3) is 22.4 Å². The molecule has 0 aliphatic rings. The summed E-state index contributed by atoms with van der Waals surface area (Å²) in [6.07, 6.45) is 2.10. The Labute approximate surface area is 164 Å². The van der Waals surface area contributed by atoms with Crippen LogP contribution in [0.4, 0.5) is 0 Å². The van der Waals surface area contributed by atoms with Gasteiger partial charge < -0.3 is 15.4 Å². The number of fused-ring (bicyclic) bond motifs is 1. The number of nitrogens with zero attached hydrogens (tertiary/aromatic N) is 3. The predicted molar refractivity (Wildman–Crippen MR) is 113 cm³/mol. The molecule has 0 radical (unpaired) electrons. The van der Waals surface area contributed by atoms with E-state index >= 15 is 0 Å². The number of unbranched alkanes of at least 4 members (excludes halogenated alkanes) is 1. The molecule has 0 unspecified atom stereocenters. The van der Waals surface area contributed by atoms with Crippen molar-refractivity contribution in [2.45, 2.75) is 46.2 Å². The number of aromatic carboxylic acids is 1. The normalized spacial score (nSPS) is 12.1. The largest absolute Gasteiger partial charge is 0.478 e. The number of rotatable bonds is 7. The first-order valence-electron chi connectivity index (χ1n) is 9.58. The molecule has 0 fully saturated rings. The lowest BCUT2D eigenvalue weighted by atomic mass is 10.1. The van der Waals surface area contributed by atoms with E-state index < -0.39 is 5.97 Å². The van der Waals surface area contributed by atoms with Crippen LogP contribution in [0.5, 0.6) is 0 Å². The molecule has 6 heteroatoms. The van der Waals surface area contributed by atoms with Gasteiger partial charge in [0.2, 0.25) is 0 Å². The molecule has 1 aromatic heterocycles. The Balaban J connectivity index is 2.11. The summed E-state index contributed by atoms with van der Waals surface area (Å²) in [5, 5.41) is 9.13. The molecule has 0 amide bonds. The molecule has 3 aromatic rings. The molecule has 28 heavy (non-hydrogen) atoms. The van der Waals surface area contributed by atoms with E-state index in [2.05, 4.69) is 16.5 Å². The van der Waals surface area contributed by atoms with Gasteiger partial charge in [-0.25, -0.2) is 9.78 Å². The van der Waals surface area contributed by atoms with Crippen molar-refractivity contribution in [2.75, 3.05) is 0 Å². The summed E-state index contributed by atoms with van der Waals surface area (Å²) < 4.78 is 2.19. The number of imidazole rings is 1. The summed E-state index contributed by atoms with van der Waals surface area (Å²) in [7, 11) is 0. The Morgan fingerprint density at radius 3 is 2.46 bits per heavy atom. The van der Waals surface area contributed by atoms with Crippen LogP contribution in [0.2, 0.25) is 0 Å². The Morgan fingerprint density at radius 2 is 1.86 bits per heavy atom. The van der Waals surface area contributed by atoms with Crippen LogP contribution in [0.1, 0.15) is 49.5 Å². The first-order chi connectivity index (χ1) is 13.4. The molecule has 0 spiro atoms. The number of aromatic nitrogens is 2. The second kappa shape index (κ2) is 8.25. The third kappa shape index (κ3) is 4.06. The Kier molecular flexibility index (Phi) is 5.78. The highest BCUT2D eigenvalue weighted by Gasteiger charge is 2.14. The van der Waals surface area contributed by atoms with Crippen LogP contribution in [0.3, 0.4) is 0 Å². The monoisotopic (exact) mass is 378 g/mol. The van der Waals surface area contributed by atoms with Crippen molar-refractivity contribution in [3.8, 4) is 11.4 Å². The molecule has 1 heterocycles. The molecular weight excluding hydrogens is 352 g/mol. The molecule has 3 rings (SSSR count). The Morgan fingerprint density at radius 1 is 1.18 bits per heavy atom. The average Bonchev–Trinajstić information content (AvgIpc) is 3.03. The first kappa shape index (κ1) is 19.6. The highest BCUT2D eigenvalue weighted by molar-refractivity contribution is 6.00. The van der Waals surface area contributed by atoms with Gasteiger partial charge in [0.25, 0.3) is 0 Å². The number of carboxylic acid groups (broad SMARTS) is 1. The summed E-state index contributed by atoms with van der Waals surface area (Å²) in [5.41, 5.74) is 10.0. The number of amidine groups is 1. The van der Waals surface area contributed by atoms with Gasteiger partial charge in [0.15, 0.2) is 0 Å². The molecule has 3 N–H and O–H groups in total. The van der Waals surface area contributed by atoms with Crippen LogP contribution in [0, 0.1) is 0 Å². The van der Waals surface area contributed by atoms with Crippen LogP contribution in [0.15, 0.2) is 47.5 Å². The molecule has 2 aromatic carbocycles. The lowest BCUT2D eigenvalue weighted by Crippen LogP contribution is -2.15. The standard InChI is InChI=1S/C22H26N4O2/c1-4-5-12-26-19-11-10-17(20(23)24-14(2)3)13-18(19)25-21(26)15-6-8-16(9-7-15)22(27)28/h6-11,13-14H,4-5,12H2,1-3H3,(H2,23,24)(H,27,28). The molecule has 0 saturated carbocycles. The Hall–Kier alpha value is -3.15. The van der Waals surface area contributed by atoms with Gasteiger partial charge in [-0.15, -0.1) is 0 Å². The van der Waals surface area contributed by atoms with Crippen molar-refractivity contribution in [1.29, 1.82) is 0 Å². The van der Waals surface area contributed by atoms with E-state index in [-0.39, 0.29) is 11.6 Å². The Bertz CT molecular complexity index is 1020. The van der Waals surface area contributed by atoms with Gasteiger partial charge in [-0.1, -0.05) is 25.5 Å². The van der Waals surface area contributed by atoms with Gasteiger partial charge in [-0.2, -0.15) is 0 Å². The van der Waals surface area contributed by atoms with Crippen molar-refractivity contribution in [3.63, 3.8) is 0 Å². The minimum absolute atomic E-state index is 0.126. The summed E-state index contributed by atoms with van der Waals surface area (Å²) in [6, 6.07) is 12.9. The van der Waals surface area contributed by atoms with Gasteiger partial charge in [0.1, 0.15) is 11.7 Å². The summed E-state index contributed by atoms with van der Waals surface area (Å²) in [4.78, 5) is 20.4. The minimum Gasteiger partial charge on any atom is -0.478 e. The number of aliphatic imine (C=N–C) groups is 1. The zero-order valence-corrected chi connectivity index (χ0v) is 16.5. The van der Waals surface area contributed by atoms with E-state index in [1.807, 2.05) is 44.2 Å². The van der Waals surface area contributed by atoms with E-state index in [9.17, 15) is 4.79 Å². The van der Waals surface area contributed by atoms with Crippen molar-refractivity contribution < 1.29 is 9.90 Å². The highest BCUT2D eigenvalue weighted by Crippen LogP contribution is 2.26. The molecule has 0 aliphatic carbocycles. The lowest BCUT2D eigenvalue weighted by Gasteiger charge is -2.09. The third-order valence-electron chi connectivity index (χ3n) is 4.57. The summed E-state index contributed by atoms with van der Waals surface area (Å²) in [6.45, 7) is 6.98. The number of aryl methyl sites for hydroxylation is 1. The van der Waals surface area contributed by atoms with E-state index in [0.717, 1.165) is 47.4 Å². The number of hydrogen-bond acceptors (Lipinski definition) is 3. The number of nitrogens with two attached hydrogens (primary N) is 1. The molecule has 6 nitrogen and oxygen atoms in total. The number of hydrogen-bond donors (Lipinski definition) is 2. The zero-order valence-electron chi connectivity index (χ0n) is 16.5. The smallest absolute Gasteiger partial charge is 0.335 e. The van der Waals surface area contributed by atoms with E-state index in [1.54, 1.807) is 12.1 Å². The van der Waals surface area contributed by atoms with Gasteiger partial charge in [0, 0.05) is 23.7 Å². The summed E-state index contributed by atoms with van der Waals surface area (Å²) in [5.74, 6) is 0.403. The van der Waals surface area contributed by atoms with Crippen molar-refractivity contribution >= 4 is 22.8 Å². The number of carbonyl (C=O) groups is 1. The second-order valence-electron chi connectivity index (χ2n) is 7.13. The maximum Gasteiger partial charge on any atom is 0.335 e. The van der Waals surface area contributed by atoms with Crippen LogP contribution < -0.4 is 5.73 Å². The first-order valence-corrected chi connectivity index (χ1v) is 9.58. The molecule has 0 saturated heterocycles. The predicted octanol–water partition coefficient (Wildman–Crippen LogP) is 4.32. The fraction of sp³-hybridized carbons (Fsp3) is 0.318.